The summed E-state index contributed by atoms with van der Waals surface area (Å²) in [6, 6.07) is 11.2. The molecule has 0 aliphatic rings. The van der Waals surface area contributed by atoms with E-state index in [4.69, 9.17) is 16.3 Å². The van der Waals surface area contributed by atoms with Gasteiger partial charge in [-0.15, -0.1) is 0 Å². The topological polar surface area (TPSA) is 55.4 Å². The van der Waals surface area contributed by atoms with Gasteiger partial charge in [0.25, 0.3) is 10.0 Å². The van der Waals surface area contributed by atoms with Crippen LogP contribution in [-0.4, -0.2) is 15.5 Å². The maximum atomic E-state index is 12.3. The third kappa shape index (κ3) is 3.23. The molecule has 0 radical (unpaired) electrons. The van der Waals surface area contributed by atoms with Gasteiger partial charge in [0.2, 0.25) is 0 Å². The highest BCUT2D eigenvalue weighted by Gasteiger charge is 2.15. The van der Waals surface area contributed by atoms with Gasteiger partial charge in [-0.05, 0) is 48.9 Å². The smallest absolute Gasteiger partial charge is 0.261 e. The average molecular weight is 312 g/mol. The van der Waals surface area contributed by atoms with E-state index in [0.717, 1.165) is 5.56 Å². The molecule has 2 aromatic rings. The lowest BCUT2D eigenvalue weighted by Crippen LogP contribution is -2.13. The van der Waals surface area contributed by atoms with Crippen molar-refractivity contribution < 1.29 is 13.2 Å². The first-order valence-corrected chi connectivity index (χ1v) is 7.71. The minimum absolute atomic E-state index is 0.165. The fourth-order valence-corrected chi connectivity index (χ4v) is 2.96. The summed E-state index contributed by atoms with van der Waals surface area (Å²) < 4.78 is 32.1. The first-order valence-electron chi connectivity index (χ1n) is 5.85. The van der Waals surface area contributed by atoms with E-state index in [1.54, 1.807) is 30.3 Å². The van der Waals surface area contributed by atoms with Crippen LogP contribution >= 0.6 is 11.6 Å². The molecule has 0 saturated carbocycles. The number of anilines is 1. The third-order valence-electron chi connectivity index (χ3n) is 2.81. The molecule has 106 valence electrons. The van der Waals surface area contributed by atoms with E-state index >= 15 is 0 Å². The first kappa shape index (κ1) is 14.7. The van der Waals surface area contributed by atoms with Gasteiger partial charge in [0, 0.05) is 5.02 Å². The molecule has 0 bridgehead atoms. The Morgan fingerprint density at radius 2 is 1.75 bits per heavy atom. The molecule has 0 spiro atoms. The second-order valence-electron chi connectivity index (χ2n) is 4.24. The Hall–Kier alpha value is -1.72. The maximum Gasteiger partial charge on any atom is 0.261 e. The van der Waals surface area contributed by atoms with Gasteiger partial charge in [-0.3, -0.25) is 4.72 Å². The molecule has 0 aliphatic heterocycles. The van der Waals surface area contributed by atoms with Crippen LogP contribution in [0.5, 0.6) is 5.75 Å². The summed E-state index contributed by atoms with van der Waals surface area (Å²) in [6.45, 7) is 1.81. The maximum absolute atomic E-state index is 12.3. The van der Waals surface area contributed by atoms with Crippen LogP contribution in [0.15, 0.2) is 47.4 Å². The fourth-order valence-electron chi connectivity index (χ4n) is 1.66. The first-order chi connectivity index (χ1) is 9.42. The van der Waals surface area contributed by atoms with Gasteiger partial charge in [-0.25, -0.2) is 8.42 Å². The highest BCUT2D eigenvalue weighted by Crippen LogP contribution is 2.24. The summed E-state index contributed by atoms with van der Waals surface area (Å²) in [4.78, 5) is 0.165. The second kappa shape index (κ2) is 5.73. The van der Waals surface area contributed by atoms with Crippen molar-refractivity contribution in [2.45, 2.75) is 11.8 Å². The Kier molecular flexibility index (Phi) is 4.20. The number of nitrogens with one attached hydrogen (secondary N) is 1. The van der Waals surface area contributed by atoms with Crippen LogP contribution in [0.2, 0.25) is 5.02 Å². The molecule has 0 amide bonds. The van der Waals surface area contributed by atoms with Gasteiger partial charge in [0.05, 0.1) is 17.7 Å². The van der Waals surface area contributed by atoms with Crippen LogP contribution in [0.4, 0.5) is 5.69 Å². The van der Waals surface area contributed by atoms with Gasteiger partial charge in [-0.2, -0.15) is 0 Å². The zero-order valence-electron chi connectivity index (χ0n) is 11.1. The largest absolute Gasteiger partial charge is 0.497 e. The molecule has 2 rings (SSSR count). The average Bonchev–Trinajstić information content (AvgIpc) is 2.43. The molecule has 0 unspecified atom stereocenters. The minimum Gasteiger partial charge on any atom is -0.497 e. The highest BCUT2D eigenvalue weighted by molar-refractivity contribution is 7.92. The minimum atomic E-state index is -3.64. The number of methoxy groups -OCH3 is 1. The van der Waals surface area contributed by atoms with Crippen LogP contribution in [0, 0.1) is 6.92 Å². The molecule has 4 nitrogen and oxygen atoms in total. The molecule has 6 heteroatoms. The molecule has 0 aliphatic carbocycles. The van der Waals surface area contributed by atoms with Gasteiger partial charge in [0.15, 0.2) is 0 Å². The lowest BCUT2D eigenvalue weighted by molar-refractivity contribution is 0.414. The number of ether oxygens (including phenoxy) is 1. The van der Waals surface area contributed by atoms with Crippen molar-refractivity contribution in [2.75, 3.05) is 11.8 Å². The summed E-state index contributed by atoms with van der Waals surface area (Å²) >= 11 is 5.88. The molecule has 0 fully saturated rings. The van der Waals surface area contributed by atoms with Gasteiger partial charge in [-0.1, -0.05) is 17.7 Å². The summed E-state index contributed by atoms with van der Waals surface area (Å²) in [6.07, 6.45) is 0. The van der Waals surface area contributed by atoms with Crippen molar-refractivity contribution in [3.63, 3.8) is 0 Å². The molecular weight excluding hydrogens is 298 g/mol. The van der Waals surface area contributed by atoms with Crippen molar-refractivity contribution in [3.8, 4) is 5.75 Å². The lowest BCUT2D eigenvalue weighted by Gasteiger charge is -2.11. The van der Waals surface area contributed by atoms with Crippen LogP contribution in [-0.2, 0) is 10.0 Å². The van der Waals surface area contributed by atoms with Crippen LogP contribution < -0.4 is 9.46 Å². The third-order valence-corrected chi connectivity index (χ3v) is 4.43. The Labute approximate surface area is 123 Å². The van der Waals surface area contributed by atoms with Crippen LogP contribution in [0.3, 0.4) is 0 Å². The molecular formula is C14H14ClNO3S. The number of sulfonamides is 1. The quantitative estimate of drug-likeness (QED) is 0.940. The normalized spacial score (nSPS) is 11.2. The molecule has 0 atom stereocenters. The number of rotatable bonds is 4. The van der Waals surface area contributed by atoms with E-state index in [9.17, 15) is 8.42 Å². The molecule has 2 aromatic carbocycles. The van der Waals surface area contributed by atoms with Gasteiger partial charge < -0.3 is 4.74 Å². The van der Waals surface area contributed by atoms with E-state index in [1.165, 1.54) is 19.2 Å². The standard InChI is InChI=1S/C14H14ClNO3S/c1-10-3-4-11(15)9-14(10)16-20(17,18)13-7-5-12(19-2)6-8-13/h3-9,16H,1-2H3. The zero-order chi connectivity index (χ0) is 14.8. The monoisotopic (exact) mass is 311 g/mol. The fraction of sp³-hybridized carbons (Fsp3) is 0.143. The molecule has 0 aromatic heterocycles. The summed E-state index contributed by atoms with van der Waals surface area (Å²) in [5.74, 6) is 0.600. The van der Waals surface area contributed by atoms with Crippen molar-refractivity contribution in [1.29, 1.82) is 0 Å². The van der Waals surface area contributed by atoms with Gasteiger partial charge in [0.1, 0.15) is 5.75 Å². The Balaban J connectivity index is 2.32. The van der Waals surface area contributed by atoms with E-state index in [-0.39, 0.29) is 4.90 Å². The Bertz CT molecular complexity index is 712. The van der Waals surface area contributed by atoms with Crippen molar-refractivity contribution >= 4 is 27.3 Å². The number of hydrogen-bond acceptors (Lipinski definition) is 3. The molecule has 0 heterocycles. The Morgan fingerprint density at radius 1 is 1.10 bits per heavy atom. The molecule has 20 heavy (non-hydrogen) atoms. The second-order valence-corrected chi connectivity index (χ2v) is 6.36. The number of benzene rings is 2. The lowest BCUT2D eigenvalue weighted by atomic mass is 10.2. The number of halogens is 1. The molecule has 1 N–H and O–H groups in total. The Morgan fingerprint density at radius 3 is 2.35 bits per heavy atom. The predicted octanol–water partition coefficient (Wildman–Crippen LogP) is 3.46. The highest BCUT2D eigenvalue weighted by atomic mass is 35.5. The predicted molar refractivity (Wildman–Crippen MR) is 80.0 cm³/mol. The zero-order valence-corrected chi connectivity index (χ0v) is 12.6. The summed E-state index contributed by atoms with van der Waals surface area (Å²) in [5, 5.41) is 0.475. The van der Waals surface area contributed by atoms with Crippen LogP contribution in [0.1, 0.15) is 5.56 Å². The SMILES string of the molecule is COc1ccc(S(=O)(=O)Nc2cc(Cl)ccc2C)cc1. The summed E-state index contributed by atoms with van der Waals surface area (Å²) in [7, 11) is -2.12. The van der Waals surface area contributed by atoms with E-state index in [1.807, 2.05) is 6.92 Å². The van der Waals surface area contributed by atoms with E-state index in [0.29, 0.717) is 16.5 Å². The van der Waals surface area contributed by atoms with E-state index in [2.05, 4.69) is 4.72 Å². The van der Waals surface area contributed by atoms with Crippen molar-refractivity contribution in [2.24, 2.45) is 0 Å². The number of hydrogen-bond donors (Lipinski definition) is 1. The van der Waals surface area contributed by atoms with Gasteiger partial charge >= 0.3 is 0 Å². The number of aryl methyl sites for hydroxylation is 1. The van der Waals surface area contributed by atoms with E-state index < -0.39 is 10.0 Å². The van der Waals surface area contributed by atoms with Crippen molar-refractivity contribution in [1.82, 2.24) is 0 Å². The summed E-state index contributed by atoms with van der Waals surface area (Å²) in [5.41, 5.74) is 1.26. The van der Waals surface area contributed by atoms with Crippen LogP contribution in [0.25, 0.3) is 0 Å². The molecule has 0 saturated heterocycles. The van der Waals surface area contributed by atoms with Crippen molar-refractivity contribution in [3.05, 3.63) is 53.1 Å².